The monoisotopic (exact) mass is 632 g/mol. The van der Waals surface area contributed by atoms with E-state index in [4.69, 9.17) is 0 Å². The smallest absolute Gasteiger partial charge is 0.0957 e. The summed E-state index contributed by atoms with van der Waals surface area (Å²) >= 11 is 3.63. The number of thiophene rings is 2. The lowest BCUT2D eigenvalue weighted by atomic mass is 9.70. The van der Waals surface area contributed by atoms with Gasteiger partial charge in [-0.05, 0) is 60.4 Å². The number of fused-ring (bicyclic) bond motifs is 6. The minimum Gasteiger partial charge on any atom is -0.392 e. The Kier molecular flexibility index (Phi) is 8.17. The van der Waals surface area contributed by atoms with E-state index in [1.807, 2.05) is 47.7 Å². The van der Waals surface area contributed by atoms with Gasteiger partial charge in [-0.2, -0.15) is 0 Å². The summed E-state index contributed by atoms with van der Waals surface area (Å²) in [6.45, 7) is 8.93. The van der Waals surface area contributed by atoms with Crippen LogP contribution in [0.1, 0.15) is 114 Å². The molecule has 6 nitrogen and oxygen atoms in total. The fourth-order valence-corrected chi connectivity index (χ4v) is 11.4. The Hall–Kier alpha value is -2.26. The molecule has 4 atom stereocenters. The van der Waals surface area contributed by atoms with Crippen molar-refractivity contribution < 1.29 is 10.2 Å². The predicted molar refractivity (Wildman–Crippen MR) is 180 cm³/mol. The molecule has 0 saturated heterocycles. The topological polar surface area (TPSA) is 76.1 Å². The number of aliphatic hydroxyl groups is 2. The van der Waals surface area contributed by atoms with Gasteiger partial charge in [-0.25, -0.2) is 9.97 Å². The fraction of sp³-hybridized carbons (Fsp3) is 0.611. The summed E-state index contributed by atoms with van der Waals surface area (Å²) < 4.78 is 4.54. The zero-order chi connectivity index (χ0) is 30.6. The summed E-state index contributed by atoms with van der Waals surface area (Å²) in [6.07, 6.45) is 19.7. The summed E-state index contributed by atoms with van der Waals surface area (Å²) in [4.78, 5) is 11.5. The van der Waals surface area contributed by atoms with Crippen LogP contribution >= 0.6 is 22.7 Å². The van der Waals surface area contributed by atoms with Gasteiger partial charge in [0.1, 0.15) is 0 Å². The highest BCUT2D eigenvalue weighted by Crippen LogP contribution is 2.54. The van der Waals surface area contributed by atoms with Crippen molar-refractivity contribution in [2.24, 2.45) is 22.7 Å². The largest absolute Gasteiger partial charge is 0.392 e. The van der Waals surface area contributed by atoms with E-state index < -0.39 is 0 Å². The lowest BCUT2D eigenvalue weighted by Gasteiger charge is -2.42. The second-order valence-electron chi connectivity index (χ2n) is 14.9. The third-order valence-corrected chi connectivity index (χ3v) is 13.4. The number of rotatable bonds is 6. The first-order valence-electron chi connectivity index (χ1n) is 16.8. The van der Waals surface area contributed by atoms with Crippen molar-refractivity contribution in [1.82, 2.24) is 19.1 Å². The van der Waals surface area contributed by atoms with Crippen molar-refractivity contribution in [2.75, 3.05) is 0 Å². The van der Waals surface area contributed by atoms with Crippen LogP contribution in [0.25, 0.3) is 22.5 Å². The molecule has 4 aliphatic rings. The molecule has 8 rings (SSSR count). The van der Waals surface area contributed by atoms with Crippen molar-refractivity contribution in [3.8, 4) is 22.5 Å². The molecular weight excluding hydrogens is 585 g/mol. The third kappa shape index (κ3) is 4.95. The molecule has 44 heavy (non-hydrogen) atoms. The Balaban J connectivity index is 0.000000142. The molecule has 6 heterocycles. The molecule has 236 valence electrons. The van der Waals surface area contributed by atoms with Crippen molar-refractivity contribution in [2.45, 2.75) is 116 Å². The Morgan fingerprint density at radius 1 is 0.659 bits per heavy atom. The zero-order valence-corrected chi connectivity index (χ0v) is 28.3. The minimum atomic E-state index is -0.263. The summed E-state index contributed by atoms with van der Waals surface area (Å²) in [6, 6.07) is 4.79. The number of aliphatic hydroxyl groups excluding tert-OH is 2. The van der Waals surface area contributed by atoms with Crippen LogP contribution in [0.5, 0.6) is 0 Å². The fourth-order valence-electron chi connectivity index (χ4n) is 9.01. The first-order valence-corrected chi connectivity index (χ1v) is 18.5. The van der Waals surface area contributed by atoms with E-state index in [1.165, 1.54) is 96.5 Å². The lowest BCUT2D eigenvalue weighted by Crippen LogP contribution is -2.42. The average Bonchev–Trinajstić information content (AvgIpc) is 3.86. The SMILES string of the molecule is CC(C)(C1c2sccc2-c2cncn21)[C@@H](O)C1CCCCC1.CC(C)(C1c2sccc2-c2cncn21)[C@H](O)C1CCCCC1. The zero-order valence-electron chi connectivity index (χ0n) is 26.7. The van der Waals surface area contributed by atoms with Crippen LogP contribution < -0.4 is 0 Å². The molecule has 0 amide bonds. The van der Waals surface area contributed by atoms with Crippen LogP contribution in [0.3, 0.4) is 0 Å². The second-order valence-corrected chi connectivity index (χ2v) is 16.8. The van der Waals surface area contributed by atoms with Crippen molar-refractivity contribution >= 4 is 22.7 Å². The molecule has 2 unspecified atom stereocenters. The summed E-state index contributed by atoms with van der Waals surface area (Å²) in [5.74, 6) is 0.888. The maximum atomic E-state index is 11.2. The van der Waals surface area contributed by atoms with E-state index >= 15 is 0 Å². The van der Waals surface area contributed by atoms with Crippen molar-refractivity contribution in [3.05, 3.63) is 57.7 Å². The summed E-state index contributed by atoms with van der Waals surface area (Å²) in [7, 11) is 0. The number of imidazole rings is 2. The molecular formula is C36H48N4O2S2. The second kappa shape index (κ2) is 11.8. The highest BCUT2D eigenvalue weighted by atomic mass is 32.1. The highest BCUT2D eigenvalue weighted by Gasteiger charge is 2.48. The van der Waals surface area contributed by atoms with E-state index in [0.717, 1.165) is 0 Å². The van der Waals surface area contributed by atoms with Crippen LogP contribution in [-0.2, 0) is 0 Å². The Labute approximate surface area is 270 Å². The van der Waals surface area contributed by atoms with Gasteiger partial charge in [0.25, 0.3) is 0 Å². The highest BCUT2D eigenvalue weighted by molar-refractivity contribution is 7.11. The lowest BCUT2D eigenvalue weighted by molar-refractivity contribution is -0.0299. The number of nitrogens with zero attached hydrogens (tertiary/aromatic N) is 4. The quantitative estimate of drug-likeness (QED) is 0.223. The molecule has 2 aliphatic heterocycles. The molecule has 0 bridgehead atoms. The summed E-state index contributed by atoms with van der Waals surface area (Å²) in [5.41, 5.74) is 4.63. The number of aromatic nitrogens is 4. The van der Waals surface area contributed by atoms with Crippen LogP contribution in [-0.4, -0.2) is 41.5 Å². The van der Waals surface area contributed by atoms with E-state index in [-0.39, 0.29) is 35.1 Å². The average molecular weight is 633 g/mol. The molecule has 4 aromatic heterocycles. The first-order chi connectivity index (χ1) is 21.2. The Bertz CT molecular complexity index is 1370. The van der Waals surface area contributed by atoms with Gasteiger partial charge < -0.3 is 19.3 Å². The number of hydrogen-bond acceptors (Lipinski definition) is 6. The third-order valence-electron chi connectivity index (χ3n) is 11.5. The minimum absolute atomic E-state index is 0.187. The van der Waals surface area contributed by atoms with Gasteiger partial charge in [0.2, 0.25) is 0 Å². The van der Waals surface area contributed by atoms with E-state index in [1.54, 1.807) is 0 Å². The standard InChI is InChI=1S/2C18H24N2OS/c2*1-18(2,17(21)12-6-4-3-5-7-12)16-15-13(8-9-22-15)14-10-19-11-20(14)16/h2*8-12,16-17,21H,3-7H2,1-2H3/t2*16?,17-/m10/s1. The van der Waals surface area contributed by atoms with Gasteiger partial charge >= 0.3 is 0 Å². The van der Waals surface area contributed by atoms with E-state index in [2.05, 4.69) is 69.7 Å². The van der Waals surface area contributed by atoms with Gasteiger partial charge in [0.05, 0.1) is 60.7 Å². The maximum Gasteiger partial charge on any atom is 0.0957 e. The van der Waals surface area contributed by atoms with Crippen molar-refractivity contribution in [3.63, 3.8) is 0 Å². The molecule has 2 saturated carbocycles. The normalized spacial score (nSPS) is 23.3. The predicted octanol–water partition coefficient (Wildman–Crippen LogP) is 8.96. The first kappa shape index (κ1) is 30.4. The van der Waals surface area contributed by atoms with Gasteiger partial charge in [0, 0.05) is 31.7 Å². The molecule has 2 aliphatic carbocycles. The number of hydrogen-bond donors (Lipinski definition) is 2. The van der Waals surface area contributed by atoms with Gasteiger partial charge in [0.15, 0.2) is 0 Å². The molecule has 0 aromatic carbocycles. The summed E-state index contributed by atoms with van der Waals surface area (Å²) in [5, 5.41) is 26.6. The maximum absolute atomic E-state index is 11.2. The molecule has 2 N–H and O–H groups in total. The van der Waals surface area contributed by atoms with E-state index in [0.29, 0.717) is 11.8 Å². The molecule has 0 radical (unpaired) electrons. The van der Waals surface area contributed by atoms with Gasteiger partial charge in [-0.3, -0.25) is 0 Å². The molecule has 8 heteroatoms. The molecule has 4 aromatic rings. The van der Waals surface area contributed by atoms with Crippen LogP contribution in [0, 0.1) is 22.7 Å². The van der Waals surface area contributed by atoms with Crippen molar-refractivity contribution in [1.29, 1.82) is 0 Å². The van der Waals surface area contributed by atoms with Crippen LogP contribution in [0.15, 0.2) is 47.9 Å². The molecule has 0 spiro atoms. The Morgan fingerprint density at radius 2 is 1.05 bits per heavy atom. The van der Waals surface area contributed by atoms with Crippen LogP contribution in [0.2, 0.25) is 0 Å². The van der Waals surface area contributed by atoms with E-state index in [9.17, 15) is 10.2 Å². The van der Waals surface area contributed by atoms with Crippen LogP contribution in [0.4, 0.5) is 0 Å². The Morgan fingerprint density at radius 3 is 1.43 bits per heavy atom. The van der Waals surface area contributed by atoms with Gasteiger partial charge in [-0.1, -0.05) is 66.2 Å². The molecule has 2 fully saturated rings. The van der Waals surface area contributed by atoms with Gasteiger partial charge in [-0.15, -0.1) is 22.7 Å².